The second kappa shape index (κ2) is 11.0. The molecule has 0 saturated heterocycles. The Morgan fingerprint density at radius 3 is 2.39 bits per heavy atom. The molecule has 0 fully saturated rings. The number of rotatable bonds is 10. The van der Waals surface area contributed by atoms with Crippen molar-refractivity contribution in [3.63, 3.8) is 0 Å². The first-order valence-corrected chi connectivity index (χ1v) is 10.8. The first-order chi connectivity index (χ1) is 14.7. The molecule has 9 nitrogen and oxygen atoms in total. The standard InChI is InChI=1S/C21H30N4O5S/c1-12(2)25(13(3)4)8-7-22-20(28)16-11-31-21(23-16)24-19(27)15-9-14(29-5)10-17(30-6)18(15)26/h9-13,26H,7-8H2,1-6H3,(H,22,28)(H,23,24,27). The molecule has 0 spiro atoms. The molecule has 2 aromatic rings. The van der Waals surface area contributed by atoms with E-state index in [1.54, 1.807) is 5.38 Å². The number of nitrogens with one attached hydrogen (secondary N) is 2. The number of carbonyl (C=O) groups excluding carboxylic acids is 2. The summed E-state index contributed by atoms with van der Waals surface area (Å²) in [5.74, 6) is -0.748. The molecule has 2 amide bonds. The molecule has 1 aromatic carbocycles. The van der Waals surface area contributed by atoms with Crippen molar-refractivity contribution in [3.05, 3.63) is 28.8 Å². The van der Waals surface area contributed by atoms with Gasteiger partial charge in [-0.15, -0.1) is 11.3 Å². The van der Waals surface area contributed by atoms with Crippen molar-refractivity contribution in [3.8, 4) is 17.2 Å². The predicted octanol–water partition coefficient (Wildman–Crippen LogP) is 2.97. The van der Waals surface area contributed by atoms with Gasteiger partial charge in [0.1, 0.15) is 11.4 Å². The fourth-order valence-electron chi connectivity index (χ4n) is 3.13. The van der Waals surface area contributed by atoms with Crippen molar-refractivity contribution in [2.24, 2.45) is 0 Å². The molecule has 170 valence electrons. The van der Waals surface area contributed by atoms with Crippen LogP contribution in [0.5, 0.6) is 17.2 Å². The van der Waals surface area contributed by atoms with E-state index in [1.165, 1.54) is 26.4 Å². The minimum atomic E-state index is -0.597. The molecule has 0 aliphatic rings. The van der Waals surface area contributed by atoms with E-state index >= 15 is 0 Å². The van der Waals surface area contributed by atoms with E-state index in [9.17, 15) is 14.7 Å². The van der Waals surface area contributed by atoms with E-state index in [-0.39, 0.29) is 33.8 Å². The number of ether oxygens (including phenoxy) is 2. The molecular weight excluding hydrogens is 420 g/mol. The molecule has 0 aliphatic heterocycles. The van der Waals surface area contributed by atoms with E-state index in [1.807, 2.05) is 0 Å². The molecule has 0 saturated carbocycles. The number of thiazole rings is 1. The van der Waals surface area contributed by atoms with Gasteiger partial charge in [0, 0.05) is 36.6 Å². The smallest absolute Gasteiger partial charge is 0.270 e. The lowest BCUT2D eigenvalue weighted by molar-refractivity contribution is 0.0934. The fourth-order valence-corrected chi connectivity index (χ4v) is 3.82. The number of hydrogen-bond donors (Lipinski definition) is 3. The summed E-state index contributed by atoms with van der Waals surface area (Å²) < 4.78 is 10.2. The first-order valence-electron chi connectivity index (χ1n) is 9.93. The lowest BCUT2D eigenvalue weighted by Gasteiger charge is -2.30. The number of aromatic hydroxyl groups is 1. The van der Waals surface area contributed by atoms with Gasteiger partial charge >= 0.3 is 0 Å². The number of phenols is 1. The number of phenolic OH excluding ortho intramolecular Hbond substituents is 1. The maximum absolute atomic E-state index is 12.6. The van der Waals surface area contributed by atoms with Crippen LogP contribution in [-0.4, -0.2) is 66.2 Å². The topological polar surface area (TPSA) is 113 Å². The van der Waals surface area contributed by atoms with Crippen LogP contribution < -0.4 is 20.1 Å². The van der Waals surface area contributed by atoms with Gasteiger partial charge in [-0.25, -0.2) is 4.98 Å². The van der Waals surface area contributed by atoms with Crippen molar-refractivity contribution in [1.82, 2.24) is 15.2 Å². The second-order valence-electron chi connectivity index (χ2n) is 7.40. The number of benzene rings is 1. The van der Waals surface area contributed by atoms with E-state index in [2.05, 4.69) is 48.2 Å². The van der Waals surface area contributed by atoms with E-state index in [0.717, 1.165) is 17.9 Å². The first kappa shape index (κ1) is 24.4. The van der Waals surface area contributed by atoms with Crippen LogP contribution in [0, 0.1) is 0 Å². The number of anilines is 1. The largest absolute Gasteiger partial charge is 0.504 e. The zero-order valence-corrected chi connectivity index (χ0v) is 19.5. The van der Waals surface area contributed by atoms with Crippen molar-refractivity contribution in [1.29, 1.82) is 0 Å². The van der Waals surface area contributed by atoms with Gasteiger partial charge in [-0.05, 0) is 33.8 Å². The lowest BCUT2D eigenvalue weighted by Crippen LogP contribution is -2.42. The highest BCUT2D eigenvalue weighted by atomic mass is 32.1. The van der Waals surface area contributed by atoms with Gasteiger partial charge in [-0.3, -0.25) is 19.8 Å². The average molecular weight is 451 g/mol. The van der Waals surface area contributed by atoms with Crippen LogP contribution in [0.4, 0.5) is 5.13 Å². The zero-order valence-electron chi connectivity index (χ0n) is 18.7. The van der Waals surface area contributed by atoms with Gasteiger partial charge in [0.15, 0.2) is 16.6 Å². The molecule has 0 unspecified atom stereocenters. The van der Waals surface area contributed by atoms with Gasteiger partial charge in [0.25, 0.3) is 11.8 Å². The van der Waals surface area contributed by atoms with Gasteiger partial charge in [0.2, 0.25) is 0 Å². The Kier molecular flexibility index (Phi) is 8.64. The predicted molar refractivity (Wildman–Crippen MR) is 121 cm³/mol. The Morgan fingerprint density at radius 1 is 1.13 bits per heavy atom. The third-order valence-corrected chi connectivity index (χ3v) is 5.45. The number of methoxy groups -OCH3 is 2. The minimum absolute atomic E-state index is 0.0279. The number of amides is 2. The lowest BCUT2D eigenvalue weighted by atomic mass is 10.1. The van der Waals surface area contributed by atoms with Crippen LogP contribution in [0.15, 0.2) is 17.5 Å². The van der Waals surface area contributed by atoms with Gasteiger partial charge in [0.05, 0.1) is 19.8 Å². The van der Waals surface area contributed by atoms with Crippen molar-refractivity contribution < 1.29 is 24.2 Å². The molecule has 0 atom stereocenters. The highest BCUT2D eigenvalue weighted by Gasteiger charge is 2.20. The maximum atomic E-state index is 12.6. The highest BCUT2D eigenvalue weighted by Crippen LogP contribution is 2.35. The number of carbonyl (C=O) groups is 2. The second-order valence-corrected chi connectivity index (χ2v) is 8.26. The van der Waals surface area contributed by atoms with Crippen LogP contribution >= 0.6 is 11.3 Å². The maximum Gasteiger partial charge on any atom is 0.270 e. The number of aromatic nitrogens is 1. The van der Waals surface area contributed by atoms with Crippen molar-refractivity contribution in [2.75, 3.05) is 32.6 Å². The average Bonchev–Trinajstić information content (AvgIpc) is 3.19. The molecule has 0 aliphatic carbocycles. The molecule has 3 N–H and O–H groups in total. The summed E-state index contributed by atoms with van der Waals surface area (Å²) in [6.07, 6.45) is 0. The Labute approximate surface area is 186 Å². The van der Waals surface area contributed by atoms with Gasteiger partial charge in [-0.1, -0.05) is 0 Å². The SMILES string of the molecule is COc1cc(OC)c(O)c(C(=O)Nc2nc(C(=O)NCCN(C(C)C)C(C)C)cs2)c1. The van der Waals surface area contributed by atoms with Crippen molar-refractivity contribution >= 4 is 28.3 Å². The Balaban J connectivity index is 2.01. The highest BCUT2D eigenvalue weighted by molar-refractivity contribution is 7.14. The van der Waals surface area contributed by atoms with Crippen molar-refractivity contribution in [2.45, 2.75) is 39.8 Å². The minimum Gasteiger partial charge on any atom is -0.504 e. The zero-order chi connectivity index (χ0) is 23.1. The summed E-state index contributed by atoms with van der Waals surface area (Å²) in [4.78, 5) is 31.4. The molecule has 10 heteroatoms. The summed E-state index contributed by atoms with van der Waals surface area (Å²) in [6.45, 7) is 9.69. The van der Waals surface area contributed by atoms with Gasteiger partial charge < -0.3 is 19.9 Å². The van der Waals surface area contributed by atoms with Crippen LogP contribution in [0.3, 0.4) is 0 Å². The molecule has 2 rings (SSSR count). The van der Waals surface area contributed by atoms with Gasteiger partial charge in [-0.2, -0.15) is 0 Å². The molecule has 1 heterocycles. The summed E-state index contributed by atoms with van der Waals surface area (Å²) >= 11 is 1.12. The number of nitrogens with zero attached hydrogens (tertiary/aromatic N) is 2. The molecule has 1 aromatic heterocycles. The van der Waals surface area contributed by atoms with E-state index in [0.29, 0.717) is 24.4 Å². The summed E-state index contributed by atoms with van der Waals surface area (Å²) in [6, 6.07) is 3.62. The number of hydrogen-bond acceptors (Lipinski definition) is 8. The molecule has 0 bridgehead atoms. The van der Waals surface area contributed by atoms with E-state index < -0.39 is 5.91 Å². The van der Waals surface area contributed by atoms with Crippen LogP contribution in [0.25, 0.3) is 0 Å². The molecular formula is C21H30N4O5S. The van der Waals surface area contributed by atoms with Crippen LogP contribution in [-0.2, 0) is 0 Å². The third-order valence-electron chi connectivity index (χ3n) is 4.69. The Morgan fingerprint density at radius 2 is 1.81 bits per heavy atom. The van der Waals surface area contributed by atoms with Crippen LogP contribution in [0.1, 0.15) is 48.5 Å². The normalized spacial score (nSPS) is 11.1. The fraction of sp³-hybridized carbons (Fsp3) is 0.476. The molecule has 0 radical (unpaired) electrons. The van der Waals surface area contributed by atoms with Crippen LogP contribution in [0.2, 0.25) is 0 Å². The van der Waals surface area contributed by atoms with E-state index in [4.69, 9.17) is 9.47 Å². The monoisotopic (exact) mass is 450 g/mol. The summed E-state index contributed by atoms with van der Waals surface area (Å²) in [5, 5.41) is 17.5. The third kappa shape index (κ3) is 6.31. The molecule has 31 heavy (non-hydrogen) atoms. The summed E-state index contributed by atoms with van der Waals surface area (Å²) in [5.41, 5.74) is 0.188. The Hall–Kier alpha value is -2.85. The Bertz CT molecular complexity index is 905. The summed E-state index contributed by atoms with van der Waals surface area (Å²) in [7, 11) is 2.82. The quantitative estimate of drug-likeness (QED) is 0.510.